The standard InChI is InChI=1S/C10H25N3O2/c1-2-3-14-4-5-15-9-10(6-11,7-12)8-13/h2-9,11-13H2,1H3. The molecule has 92 valence electrons. The highest BCUT2D eigenvalue weighted by Gasteiger charge is 2.25. The van der Waals surface area contributed by atoms with Crippen molar-refractivity contribution in [3.05, 3.63) is 0 Å². The molecular formula is C10H25N3O2. The second-order valence-electron chi connectivity index (χ2n) is 3.78. The largest absolute Gasteiger partial charge is 0.379 e. The summed E-state index contributed by atoms with van der Waals surface area (Å²) >= 11 is 0. The molecule has 0 aromatic heterocycles. The SMILES string of the molecule is CCCOCCOCC(CN)(CN)CN. The first-order valence-corrected chi connectivity index (χ1v) is 5.50. The van der Waals surface area contributed by atoms with Crippen LogP contribution in [0.25, 0.3) is 0 Å². The van der Waals surface area contributed by atoms with Gasteiger partial charge >= 0.3 is 0 Å². The Morgan fingerprint density at radius 1 is 0.867 bits per heavy atom. The molecule has 0 aliphatic carbocycles. The molecule has 0 atom stereocenters. The summed E-state index contributed by atoms with van der Waals surface area (Å²) < 4.78 is 10.7. The summed E-state index contributed by atoms with van der Waals surface area (Å²) in [7, 11) is 0. The van der Waals surface area contributed by atoms with E-state index in [-0.39, 0.29) is 5.41 Å². The first-order valence-electron chi connectivity index (χ1n) is 5.50. The molecule has 0 aliphatic rings. The van der Waals surface area contributed by atoms with E-state index in [2.05, 4.69) is 6.92 Å². The zero-order chi connectivity index (χ0) is 11.6. The van der Waals surface area contributed by atoms with Gasteiger partial charge in [-0.25, -0.2) is 0 Å². The molecule has 0 aliphatic heterocycles. The van der Waals surface area contributed by atoms with Crippen molar-refractivity contribution < 1.29 is 9.47 Å². The minimum atomic E-state index is -0.273. The molecule has 0 heterocycles. The van der Waals surface area contributed by atoms with E-state index >= 15 is 0 Å². The summed E-state index contributed by atoms with van der Waals surface area (Å²) in [6.07, 6.45) is 1.03. The molecule has 0 unspecified atom stereocenters. The van der Waals surface area contributed by atoms with Crippen LogP contribution in [0.4, 0.5) is 0 Å². The van der Waals surface area contributed by atoms with Crippen molar-refractivity contribution in [3.63, 3.8) is 0 Å². The lowest BCUT2D eigenvalue weighted by molar-refractivity contribution is 0.0120. The smallest absolute Gasteiger partial charge is 0.0700 e. The van der Waals surface area contributed by atoms with Crippen LogP contribution in [0.5, 0.6) is 0 Å². The fourth-order valence-electron chi connectivity index (χ4n) is 1.08. The molecule has 5 nitrogen and oxygen atoms in total. The van der Waals surface area contributed by atoms with E-state index < -0.39 is 0 Å². The minimum Gasteiger partial charge on any atom is -0.379 e. The van der Waals surface area contributed by atoms with E-state index in [0.29, 0.717) is 39.5 Å². The van der Waals surface area contributed by atoms with Gasteiger partial charge in [0.25, 0.3) is 0 Å². The van der Waals surface area contributed by atoms with Crippen LogP contribution in [0, 0.1) is 5.41 Å². The van der Waals surface area contributed by atoms with Gasteiger partial charge in [-0.15, -0.1) is 0 Å². The maximum Gasteiger partial charge on any atom is 0.0700 e. The lowest BCUT2D eigenvalue weighted by atomic mass is 9.89. The van der Waals surface area contributed by atoms with Crippen LogP contribution < -0.4 is 17.2 Å². The van der Waals surface area contributed by atoms with Gasteiger partial charge in [-0.05, 0) is 6.42 Å². The highest BCUT2D eigenvalue weighted by Crippen LogP contribution is 2.11. The number of ether oxygens (including phenoxy) is 2. The van der Waals surface area contributed by atoms with E-state index in [4.69, 9.17) is 26.7 Å². The van der Waals surface area contributed by atoms with Gasteiger partial charge in [-0.1, -0.05) is 6.92 Å². The summed E-state index contributed by atoms with van der Waals surface area (Å²) in [6.45, 7) is 5.90. The molecule has 0 radical (unpaired) electrons. The van der Waals surface area contributed by atoms with Crippen molar-refractivity contribution in [1.82, 2.24) is 0 Å². The van der Waals surface area contributed by atoms with Crippen molar-refractivity contribution in [2.75, 3.05) is 46.1 Å². The normalized spacial score (nSPS) is 12.0. The van der Waals surface area contributed by atoms with Gasteiger partial charge in [-0.3, -0.25) is 0 Å². The van der Waals surface area contributed by atoms with Crippen molar-refractivity contribution in [2.24, 2.45) is 22.6 Å². The van der Waals surface area contributed by atoms with Gasteiger partial charge in [0.05, 0.1) is 19.8 Å². The Balaban J connectivity index is 3.54. The maximum absolute atomic E-state index is 5.62. The van der Waals surface area contributed by atoms with Crippen molar-refractivity contribution in [2.45, 2.75) is 13.3 Å². The molecule has 0 fully saturated rings. The van der Waals surface area contributed by atoms with Crippen LogP contribution in [0.2, 0.25) is 0 Å². The van der Waals surface area contributed by atoms with E-state index in [1.807, 2.05) is 0 Å². The highest BCUT2D eigenvalue weighted by molar-refractivity contribution is 4.82. The van der Waals surface area contributed by atoms with E-state index in [9.17, 15) is 0 Å². The average molecular weight is 219 g/mol. The molecule has 0 aromatic rings. The molecule has 6 N–H and O–H groups in total. The highest BCUT2D eigenvalue weighted by atomic mass is 16.5. The summed E-state index contributed by atoms with van der Waals surface area (Å²) in [5.41, 5.74) is 16.6. The summed E-state index contributed by atoms with van der Waals surface area (Å²) in [6, 6.07) is 0. The van der Waals surface area contributed by atoms with E-state index in [1.54, 1.807) is 0 Å². The van der Waals surface area contributed by atoms with E-state index in [0.717, 1.165) is 13.0 Å². The minimum absolute atomic E-state index is 0.273. The third-order valence-electron chi connectivity index (χ3n) is 2.43. The molecule has 0 saturated carbocycles. The lowest BCUT2D eigenvalue weighted by Crippen LogP contribution is -2.47. The second kappa shape index (κ2) is 9.06. The molecule has 0 rings (SSSR count). The van der Waals surface area contributed by atoms with Gasteiger partial charge in [0.2, 0.25) is 0 Å². The first kappa shape index (κ1) is 14.8. The van der Waals surface area contributed by atoms with Crippen LogP contribution in [-0.4, -0.2) is 46.1 Å². The van der Waals surface area contributed by atoms with Gasteiger partial charge in [0, 0.05) is 31.7 Å². The molecule has 0 amide bonds. The van der Waals surface area contributed by atoms with Gasteiger partial charge in [0.15, 0.2) is 0 Å². The fraction of sp³-hybridized carbons (Fsp3) is 1.00. The molecule has 5 heteroatoms. The third-order valence-corrected chi connectivity index (χ3v) is 2.43. The van der Waals surface area contributed by atoms with Gasteiger partial charge < -0.3 is 26.7 Å². The Morgan fingerprint density at radius 3 is 1.87 bits per heavy atom. The summed E-state index contributed by atoms with van der Waals surface area (Å²) in [5, 5.41) is 0. The Morgan fingerprint density at radius 2 is 1.40 bits per heavy atom. The number of nitrogens with two attached hydrogens (primary N) is 3. The van der Waals surface area contributed by atoms with Crippen molar-refractivity contribution in [1.29, 1.82) is 0 Å². The Hall–Kier alpha value is -0.200. The molecule has 0 spiro atoms. The summed E-state index contributed by atoms with van der Waals surface area (Å²) in [4.78, 5) is 0. The lowest BCUT2D eigenvalue weighted by Gasteiger charge is -2.28. The molecular weight excluding hydrogens is 194 g/mol. The maximum atomic E-state index is 5.62. The average Bonchev–Trinajstić information content (AvgIpc) is 2.29. The number of hydrogen-bond donors (Lipinski definition) is 3. The van der Waals surface area contributed by atoms with Crippen LogP contribution in [0.15, 0.2) is 0 Å². The second-order valence-corrected chi connectivity index (χ2v) is 3.78. The topological polar surface area (TPSA) is 96.5 Å². The van der Waals surface area contributed by atoms with Crippen LogP contribution >= 0.6 is 0 Å². The third kappa shape index (κ3) is 6.06. The van der Waals surface area contributed by atoms with Crippen LogP contribution in [0.1, 0.15) is 13.3 Å². The van der Waals surface area contributed by atoms with Crippen molar-refractivity contribution in [3.8, 4) is 0 Å². The summed E-state index contributed by atoms with van der Waals surface area (Å²) in [5.74, 6) is 0. The van der Waals surface area contributed by atoms with Gasteiger partial charge in [-0.2, -0.15) is 0 Å². The van der Waals surface area contributed by atoms with Crippen molar-refractivity contribution >= 4 is 0 Å². The molecule has 0 bridgehead atoms. The Labute approximate surface area is 92.3 Å². The fourth-order valence-corrected chi connectivity index (χ4v) is 1.08. The zero-order valence-corrected chi connectivity index (χ0v) is 9.71. The van der Waals surface area contributed by atoms with E-state index in [1.165, 1.54) is 0 Å². The predicted octanol–water partition coefficient (Wildman–Crippen LogP) is -0.708. The van der Waals surface area contributed by atoms with Gasteiger partial charge in [0.1, 0.15) is 0 Å². The Kier molecular flexibility index (Phi) is 8.94. The molecule has 15 heavy (non-hydrogen) atoms. The zero-order valence-electron chi connectivity index (χ0n) is 9.71. The van der Waals surface area contributed by atoms with Crippen LogP contribution in [0.3, 0.4) is 0 Å². The van der Waals surface area contributed by atoms with Crippen LogP contribution in [-0.2, 0) is 9.47 Å². The monoisotopic (exact) mass is 219 g/mol. The Bertz CT molecular complexity index is 132. The quantitative estimate of drug-likeness (QED) is 0.422. The molecule has 0 saturated heterocycles. The molecule has 0 aromatic carbocycles. The first-order chi connectivity index (χ1) is 7.24. The number of hydrogen-bond acceptors (Lipinski definition) is 5. The predicted molar refractivity (Wildman–Crippen MR) is 61.5 cm³/mol. The number of rotatable bonds is 10.